The second-order valence-electron chi connectivity index (χ2n) is 10.1. The van der Waals surface area contributed by atoms with E-state index in [0.717, 1.165) is 31.5 Å². The van der Waals surface area contributed by atoms with E-state index in [1.165, 1.54) is 49.8 Å². The number of benzene rings is 1. The molecule has 162 valence electrons. The number of para-hydroxylation sites is 1. The Labute approximate surface area is 177 Å². The van der Waals surface area contributed by atoms with Crippen molar-refractivity contribution in [3.63, 3.8) is 0 Å². The first kappa shape index (κ1) is 21.1. The highest BCUT2D eigenvalue weighted by atomic mass is 16.3. The summed E-state index contributed by atoms with van der Waals surface area (Å²) in [6, 6.07) is 9.61. The predicted molar refractivity (Wildman–Crippen MR) is 122 cm³/mol. The molecule has 29 heavy (non-hydrogen) atoms. The van der Waals surface area contributed by atoms with Crippen molar-refractivity contribution in [1.29, 1.82) is 0 Å². The van der Waals surface area contributed by atoms with Crippen molar-refractivity contribution in [1.82, 2.24) is 10.6 Å². The Bertz CT molecular complexity index is 664. The second-order valence-corrected chi connectivity index (χ2v) is 10.1. The van der Waals surface area contributed by atoms with Crippen molar-refractivity contribution in [2.24, 2.45) is 17.8 Å². The van der Waals surface area contributed by atoms with Crippen LogP contribution in [0, 0.1) is 17.8 Å². The zero-order chi connectivity index (χ0) is 20.4. The number of piperidine rings is 1. The zero-order valence-electron chi connectivity index (χ0n) is 18.7. The van der Waals surface area contributed by atoms with Gasteiger partial charge in [-0.05, 0) is 88.0 Å². The molecule has 2 unspecified atom stereocenters. The highest BCUT2D eigenvalue weighted by Crippen LogP contribution is 2.55. The molecule has 0 bridgehead atoms. The quantitative estimate of drug-likeness (QED) is 0.682. The third-order valence-corrected chi connectivity index (χ3v) is 8.25. The van der Waals surface area contributed by atoms with E-state index in [-0.39, 0.29) is 12.1 Å². The Morgan fingerprint density at radius 1 is 1.10 bits per heavy atom. The van der Waals surface area contributed by atoms with Crippen LogP contribution < -0.4 is 15.5 Å². The summed E-state index contributed by atoms with van der Waals surface area (Å²) in [5, 5.41) is 18.0. The zero-order valence-corrected chi connectivity index (χ0v) is 18.7. The molecule has 2 aliphatic heterocycles. The smallest absolute Gasteiger partial charge is 0.0830 e. The maximum atomic E-state index is 11.0. The number of nitrogens with zero attached hydrogens (tertiary/aromatic N) is 1. The summed E-state index contributed by atoms with van der Waals surface area (Å²) in [6.07, 6.45) is 7.56. The van der Waals surface area contributed by atoms with Gasteiger partial charge in [-0.3, -0.25) is 0 Å². The van der Waals surface area contributed by atoms with E-state index in [0.29, 0.717) is 17.9 Å². The predicted octanol–water partition coefficient (Wildman–Crippen LogP) is 3.76. The number of aliphatic hydroxyl groups is 1. The molecule has 4 rings (SSSR count). The highest BCUT2D eigenvalue weighted by Gasteiger charge is 2.55. The molecule has 3 aliphatic rings. The van der Waals surface area contributed by atoms with Gasteiger partial charge in [-0.2, -0.15) is 0 Å². The molecule has 2 fully saturated rings. The molecule has 0 aromatic heterocycles. The largest absolute Gasteiger partial charge is 0.394 e. The molecule has 4 heteroatoms. The molecule has 4 nitrogen and oxygen atoms in total. The molecule has 3 N–H and O–H groups in total. The molecule has 0 amide bonds. The lowest BCUT2D eigenvalue weighted by Gasteiger charge is -2.50. The summed E-state index contributed by atoms with van der Waals surface area (Å²) in [5.41, 5.74) is 2.65. The fourth-order valence-electron chi connectivity index (χ4n) is 6.84. The molecule has 1 saturated carbocycles. The number of rotatable bonds is 6. The van der Waals surface area contributed by atoms with Crippen LogP contribution in [-0.4, -0.2) is 50.0 Å². The maximum absolute atomic E-state index is 11.0. The van der Waals surface area contributed by atoms with Gasteiger partial charge in [0, 0.05) is 24.2 Å². The Morgan fingerprint density at radius 2 is 1.79 bits per heavy atom. The third-order valence-electron chi connectivity index (χ3n) is 8.25. The van der Waals surface area contributed by atoms with Crippen LogP contribution in [0.25, 0.3) is 0 Å². The Morgan fingerprint density at radius 3 is 2.41 bits per heavy atom. The van der Waals surface area contributed by atoms with Gasteiger partial charge in [0.1, 0.15) is 0 Å². The normalized spacial score (nSPS) is 33.3. The second kappa shape index (κ2) is 8.95. The van der Waals surface area contributed by atoms with E-state index >= 15 is 0 Å². The van der Waals surface area contributed by atoms with Crippen molar-refractivity contribution in [3.05, 3.63) is 29.8 Å². The van der Waals surface area contributed by atoms with Gasteiger partial charge in [-0.15, -0.1) is 0 Å². The average molecular weight is 400 g/mol. The van der Waals surface area contributed by atoms with Crippen molar-refractivity contribution in [2.45, 2.75) is 69.9 Å². The average Bonchev–Trinajstić information content (AvgIpc) is 3.05. The minimum absolute atomic E-state index is 0.223. The number of fused-ring (bicyclic) bond motifs is 1. The molecule has 1 aromatic carbocycles. The molecule has 1 aromatic rings. The monoisotopic (exact) mass is 399 g/mol. The number of hydrogen-bond acceptors (Lipinski definition) is 4. The van der Waals surface area contributed by atoms with Crippen LogP contribution in [0.2, 0.25) is 0 Å². The first-order chi connectivity index (χ1) is 14.1. The number of anilines is 1. The van der Waals surface area contributed by atoms with Crippen molar-refractivity contribution < 1.29 is 5.11 Å². The number of nitrogens with one attached hydrogen (secondary N) is 2. The topological polar surface area (TPSA) is 47.5 Å². The summed E-state index contributed by atoms with van der Waals surface area (Å²) < 4.78 is 0. The number of likely N-dealkylation sites (N-methyl/N-ethyl adjacent to an activating group) is 1. The first-order valence-electron chi connectivity index (χ1n) is 12.0. The fraction of sp³-hybridized carbons (Fsp3) is 0.760. The van der Waals surface area contributed by atoms with Crippen LogP contribution in [-0.2, 0) is 0 Å². The van der Waals surface area contributed by atoms with Crippen LogP contribution in [0.3, 0.4) is 0 Å². The van der Waals surface area contributed by atoms with Gasteiger partial charge in [-0.25, -0.2) is 0 Å². The SMILES string of the molecule is CNCC1(CO)C(C2CCNCC2)c2ccccc2N1[C@H]1CC[C@@H](C(C)C)CC1. The molecule has 2 atom stereocenters. The summed E-state index contributed by atoms with van der Waals surface area (Å²) in [6.45, 7) is 8.02. The molecule has 1 aliphatic carbocycles. The third kappa shape index (κ3) is 3.73. The molecule has 2 heterocycles. The minimum Gasteiger partial charge on any atom is -0.394 e. The van der Waals surface area contributed by atoms with Crippen molar-refractivity contribution >= 4 is 5.69 Å². The van der Waals surface area contributed by atoms with Gasteiger partial charge >= 0.3 is 0 Å². The van der Waals surface area contributed by atoms with E-state index in [1.54, 1.807) is 0 Å². The summed E-state index contributed by atoms with van der Waals surface area (Å²) in [5.74, 6) is 2.68. The van der Waals surface area contributed by atoms with Crippen LogP contribution in [0.1, 0.15) is 63.9 Å². The number of hydrogen-bond donors (Lipinski definition) is 3. The van der Waals surface area contributed by atoms with Gasteiger partial charge < -0.3 is 20.6 Å². The fourth-order valence-corrected chi connectivity index (χ4v) is 6.84. The van der Waals surface area contributed by atoms with Crippen molar-refractivity contribution in [3.8, 4) is 0 Å². The van der Waals surface area contributed by atoms with Gasteiger partial charge in [0.15, 0.2) is 0 Å². The maximum Gasteiger partial charge on any atom is 0.0830 e. The van der Waals surface area contributed by atoms with Gasteiger partial charge in [-0.1, -0.05) is 32.0 Å². The van der Waals surface area contributed by atoms with Crippen LogP contribution in [0.15, 0.2) is 24.3 Å². The van der Waals surface area contributed by atoms with Crippen molar-refractivity contribution in [2.75, 3.05) is 38.2 Å². The van der Waals surface area contributed by atoms with Gasteiger partial charge in [0.25, 0.3) is 0 Å². The van der Waals surface area contributed by atoms with E-state index in [9.17, 15) is 5.11 Å². The Balaban J connectivity index is 1.72. The molecular weight excluding hydrogens is 358 g/mol. The van der Waals surface area contributed by atoms with E-state index in [4.69, 9.17) is 0 Å². The lowest BCUT2D eigenvalue weighted by atomic mass is 9.70. The van der Waals surface area contributed by atoms with Gasteiger partial charge in [0.2, 0.25) is 0 Å². The summed E-state index contributed by atoms with van der Waals surface area (Å²) in [7, 11) is 2.05. The molecule has 0 radical (unpaired) electrons. The first-order valence-corrected chi connectivity index (χ1v) is 12.0. The van der Waals surface area contributed by atoms with Crippen LogP contribution in [0.4, 0.5) is 5.69 Å². The van der Waals surface area contributed by atoms with Crippen LogP contribution in [0.5, 0.6) is 0 Å². The minimum atomic E-state index is -0.226. The van der Waals surface area contributed by atoms with Crippen LogP contribution >= 0.6 is 0 Å². The molecule has 0 spiro atoms. The van der Waals surface area contributed by atoms with E-state index < -0.39 is 0 Å². The molecular formula is C25H41N3O. The standard InChI is InChI=1S/C25H41N3O/c1-18(2)19-8-10-21(11-9-19)28-23-7-5-4-6-22(23)24(20-12-14-27-15-13-20)25(28,17-29)16-26-3/h4-7,18-21,24,26-27,29H,8-17H2,1-3H3/t19-,21+,24?,25?. The lowest BCUT2D eigenvalue weighted by Crippen LogP contribution is -2.62. The van der Waals surface area contributed by atoms with Gasteiger partial charge in [0.05, 0.1) is 12.1 Å². The number of aliphatic hydroxyl groups excluding tert-OH is 1. The Kier molecular flexibility index (Phi) is 6.53. The van der Waals surface area contributed by atoms with E-state index in [1.807, 2.05) is 7.05 Å². The lowest BCUT2D eigenvalue weighted by molar-refractivity contribution is 0.117. The Hall–Kier alpha value is -1.10. The summed E-state index contributed by atoms with van der Waals surface area (Å²) in [4.78, 5) is 2.70. The van der Waals surface area contributed by atoms with E-state index in [2.05, 4.69) is 53.6 Å². The summed E-state index contributed by atoms with van der Waals surface area (Å²) >= 11 is 0. The highest BCUT2D eigenvalue weighted by molar-refractivity contribution is 5.66. The molecule has 1 saturated heterocycles.